The zero-order valence-corrected chi connectivity index (χ0v) is 17.4. The summed E-state index contributed by atoms with van der Waals surface area (Å²) < 4.78 is 15.4. The fraction of sp³-hybridized carbons (Fsp3) is 0.0909. The number of hydrogen-bond donors (Lipinski definition) is 2. The number of hydrogen-bond acceptors (Lipinski definition) is 5. The number of aromatic nitrogens is 1. The number of primary amides is 1. The third kappa shape index (κ3) is 4.26. The molecule has 0 aliphatic carbocycles. The Hall–Kier alpha value is -3.92. The number of fused-ring (bicyclic) bond motifs is 1. The van der Waals surface area contributed by atoms with Crippen LogP contribution in [0.15, 0.2) is 59.6 Å². The van der Waals surface area contributed by atoms with Crippen LogP contribution in [-0.4, -0.2) is 39.0 Å². The summed E-state index contributed by atoms with van der Waals surface area (Å²) in [5.41, 5.74) is 6.65. The van der Waals surface area contributed by atoms with Crippen LogP contribution in [0.5, 0.6) is 0 Å². The average molecular weight is 452 g/mol. The second-order valence-electron chi connectivity index (χ2n) is 6.99. The van der Waals surface area contributed by atoms with Crippen molar-refractivity contribution in [2.75, 3.05) is 11.9 Å². The van der Waals surface area contributed by atoms with Crippen molar-refractivity contribution in [2.24, 2.45) is 5.73 Å². The van der Waals surface area contributed by atoms with Crippen molar-refractivity contribution >= 4 is 57.4 Å². The molecule has 2 aromatic carbocycles. The minimum absolute atomic E-state index is 0.0357. The molecule has 0 bridgehead atoms. The molecular weight excluding hydrogens is 435 g/mol. The lowest BCUT2D eigenvalue weighted by molar-refractivity contribution is -0.127. The summed E-state index contributed by atoms with van der Waals surface area (Å²) >= 11 is 0.703. The number of para-hydroxylation sites is 2. The van der Waals surface area contributed by atoms with Gasteiger partial charge in [0.15, 0.2) is 0 Å². The number of carbonyl (C=O) groups is 4. The van der Waals surface area contributed by atoms with Gasteiger partial charge in [-0.15, -0.1) is 0 Å². The highest BCUT2D eigenvalue weighted by atomic mass is 32.2. The zero-order chi connectivity index (χ0) is 22.8. The molecule has 10 heteroatoms. The average Bonchev–Trinajstić information content (AvgIpc) is 3.22. The van der Waals surface area contributed by atoms with Crippen LogP contribution in [-0.2, 0) is 20.9 Å². The first kappa shape index (κ1) is 21.3. The fourth-order valence-corrected chi connectivity index (χ4v) is 4.19. The molecule has 1 fully saturated rings. The van der Waals surface area contributed by atoms with Gasteiger partial charge in [0.25, 0.3) is 11.1 Å². The fourth-order valence-electron chi connectivity index (χ4n) is 3.36. The minimum atomic E-state index is -0.697. The first-order chi connectivity index (χ1) is 15.3. The molecular formula is C22H17FN4O4S. The number of nitrogens with one attached hydrogen (secondary N) is 1. The molecule has 162 valence electrons. The van der Waals surface area contributed by atoms with E-state index in [0.29, 0.717) is 17.3 Å². The number of carbonyl (C=O) groups excluding carboxylic acids is 4. The monoisotopic (exact) mass is 452 g/mol. The van der Waals surface area contributed by atoms with E-state index in [9.17, 15) is 23.6 Å². The molecule has 0 saturated carbocycles. The Bertz CT molecular complexity index is 1300. The first-order valence-electron chi connectivity index (χ1n) is 9.49. The maximum Gasteiger partial charge on any atom is 0.294 e. The molecule has 3 N–H and O–H groups in total. The molecule has 0 spiro atoms. The van der Waals surface area contributed by atoms with E-state index in [0.717, 1.165) is 15.8 Å². The van der Waals surface area contributed by atoms with E-state index in [1.165, 1.54) is 18.2 Å². The Morgan fingerprint density at radius 1 is 1.06 bits per heavy atom. The van der Waals surface area contributed by atoms with Gasteiger partial charge in [-0.25, -0.2) is 4.39 Å². The van der Waals surface area contributed by atoms with Crippen LogP contribution < -0.4 is 11.1 Å². The summed E-state index contributed by atoms with van der Waals surface area (Å²) in [5.74, 6) is -2.46. The maximum absolute atomic E-state index is 13.7. The van der Waals surface area contributed by atoms with Crippen LogP contribution >= 0.6 is 11.8 Å². The van der Waals surface area contributed by atoms with Crippen LogP contribution in [0, 0.1) is 5.82 Å². The predicted octanol–water partition coefficient (Wildman–Crippen LogP) is 2.94. The first-order valence-corrected chi connectivity index (χ1v) is 10.3. The van der Waals surface area contributed by atoms with Gasteiger partial charge in [0.05, 0.1) is 10.6 Å². The standard InChI is InChI=1S/C22H17FN4O4S/c23-15-6-2-3-7-16(15)25-20(29)12-27-21(30)18(32-22(27)31)9-13-10-26(11-19(24)28)17-8-4-1-5-14(13)17/h1-10H,11-12H2,(H2,24,28)(H,25,29). The third-order valence-electron chi connectivity index (χ3n) is 4.76. The summed E-state index contributed by atoms with van der Waals surface area (Å²) in [6.45, 7) is -0.578. The SMILES string of the molecule is NC(=O)Cn1cc(C=C2SC(=O)N(CC(=O)Nc3ccccc3F)C2=O)c2ccccc21. The predicted molar refractivity (Wildman–Crippen MR) is 119 cm³/mol. The van der Waals surface area contributed by atoms with Gasteiger partial charge in [0.1, 0.15) is 18.9 Å². The van der Waals surface area contributed by atoms with Gasteiger partial charge in [-0.1, -0.05) is 30.3 Å². The van der Waals surface area contributed by atoms with E-state index >= 15 is 0 Å². The van der Waals surface area contributed by atoms with Gasteiger partial charge in [-0.2, -0.15) is 0 Å². The van der Waals surface area contributed by atoms with E-state index in [1.807, 2.05) is 24.3 Å². The molecule has 32 heavy (non-hydrogen) atoms. The third-order valence-corrected chi connectivity index (χ3v) is 5.66. The molecule has 1 saturated heterocycles. The molecule has 0 unspecified atom stereocenters. The number of anilines is 1. The largest absolute Gasteiger partial charge is 0.368 e. The Kier molecular flexibility index (Phi) is 5.78. The highest BCUT2D eigenvalue weighted by Crippen LogP contribution is 2.34. The van der Waals surface area contributed by atoms with Crippen LogP contribution in [0.1, 0.15) is 5.56 Å². The zero-order valence-electron chi connectivity index (χ0n) is 16.6. The molecule has 1 aliphatic rings. The Morgan fingerprint density at radius 3 is 2.53 bits per heavy atom. The van der Waals surface area contributed by atoms with Gasteiger partial charge in [0, 0.05) is 22.7 Å². The molecule has 4 rings (SSSR count). The Morgan fingerprint density at radius 2 is 1.78 bits per heavy atom. The lowest BCUT2D eigenvalue weighted by atomic mass is 10.1. The highest BCUT2D eigenvalue weighted by molar-refractivity contribution is 8.18. The van der Waals surface area contributed by atoms with E-state index in [2.05, 4.69) is 5.32 Å². The number of benzene rings is 2. The Balaban J connectivity index is 1.56. The maximum atomic E-state index is 13.7. The summed E-state index contributed by atoms with van der Waals surface area (Å²) in [6.07, 6.45) is 3.22. The van der Waals surface area contributed by atoms with Crippen molar-refractivity contribution in [3.63, 3.8) is 0 Å². The molecule has 2 heterocycles. The topological polar surface area (TPSA) is 114 Å². The molecule has 8 nitrogen and oxygen atoms in total. The van der Waals surface area contributed by atoms with Crippen LogP contribution in [0.4, 0.5) is 14.9 Å². The smallest absolute Gasteiger partial charge is 0.294 e. The molecule has 3 aromatic rings. The molecule has 0 atom stereocenters. The second kappa shape index (κ2) is 8.67. The minimum Gasteiger partial charge on any atom is -0.368 e. The van der Waals surface area contributed by atoms with Crippen molar-refractivity contribution < 1.29 is 23.6 Å². The second-order valence-corrected chi connectivity index (χ2v) is 7.98. The van der Waals surface area contributed by atoms with Gasteiger partial charge >= 0.3 is 0 Å². The normalized spacial score (nSPS) is 15.0. The number of amides is 4. The quantitative estimate of drug-likeness (QED) is 0.558. The van der Waals surface area contributed by atoms with E-state index in [4.69, 9.17) is 5.73 Å². The summed E-state index contributed by atoms with van der Waals surface area (Å²) in [5, 5.41) is 2.52. The van der Waals surface area contributed by atoms with Crippen molar-refractivity contribution in [3.05, 3.63) is 71.0 Å². The van der Waals surface area contributed by atoms with Crippen molar-refractivity contribution in [3.8, 4) is 0 Å². The number of nitrogens with zero attached hydrogens (tertiary/aromatic N) is 2. The van der Waals surface area contributed by atoms with Crippen molar-refractivity contribution in [2.45, 2.75) is 6.54 Å². The van der Waals surface area contributed by atoms with Gasteiger partial charge in [-0.3, -0.25) is 24.1 Å². The Labute approximate surface area is 185 Å². The lowest BCUT2D eigenvalue weighted by Gasteiger charge is -2.12. The van der Waals surface area contributed by atoms with Crippen LogP contribution in [0.25, 0.3) is 17.0 Å². The summed E-state index contributed by atoms with van der Waals surface area (Å²) in [4.78, 5) is 49.7. The van der Waals surface area contributed by atoms with Gasteiger partial charge < -0.3 is 15.6 Å². The van der Waals surface area contributed by atoms with Crippen LogP contribution in [0.2, 0.25) is 0 Å². The number of nitrogens with two attached hydrogens (primary N) is 1. The number of thioether (sulfide) groups is 1. The molecule has 1 aromatic heterocycles. The van der Waals surface area contributed by atoms with Crippen molar-refractivity contribution in [1.29, 1.82) is 0 Å². The number of halogens is 1. The number of imide groups is 1. The lowest BCUT2D eigenvalue weighted by Crippen LogP contribution is -2.36. The molecule has 4 amide bonds. The van der Waals surface area contributed by atoms with E-state index in [-0.39, 0.29) is 17.1 Å². The molecule has 1 aliphatic heterocycles. The van der Waals surface area contributed by atoms with Gasteiger partial charge in [0.2, 0.25) is 11.8 Å². The molecule has 0 radical (unpaired) electrons. The van der Waals surface area contributed by atoms with Gasteiger partial charge in [-0.05, 0) is 36.0 Å². The number of rotatable bonds is 6. The van der Waals surface area contributed by atoms with E-state index < -0.39 is 35.3 Å². The highest BCUT2D eigenvalue weighted by Gasteiger charge is 2.36. The van der Waals surface area contributed by atoms with Crippen LogP contribution in [0.3, 0.4) is 0 Å². The van der Waals surface area contributed by atoms with E-state index in [1.54, 1.807) is 22.9 Å². The summed E-state index contributed by atoms with van der Waals surface area (Å²) in [6, 6.07) is 12.9. The van der Waals surface area contributed by atoms with Crippen molar-refractivity contribution in [1.82, 2.24) is 9.47 Å². The summed E-state index contributed by atoms with van der Waals surface area (Å²) in [7, 11) is 0.